The molecule has 0 fully saturated rings. The summed E-state index contributed by atoms with van der Waals surface area (Å²) in [7, 11) is 2.14. The van der Waals surface area contributed by atoms with Crippen LogP contribution in [0.4, 0.5) is 0 Å². The van der Waals surface area contributed by atoms with E-state index in [0.29, 0.717) is 5.84 Å². The van der Waals surface area contributed by atoms with E-state index >= 15 is 0 Å². The predicted molar refractivity (Wildman–Crippen MR) is 89.4 cm³/mol. The average Bonchev–Trinajstić information content (AvgIpc) is 2.53. The fraction of sp³-hybridized carbons (Fsp3) is 0.278. The van der Waals surface area contributed by atoms with Crippen molar-refractivity contribution in [3.05, 3.63) is 71.8 Å². The molecule has 0 heterocycles. The van der Waals surface area contributed by atoms with Gasteiger partial charge in [-0.2, -0.15) is 0 Å². The summed E-state index contributed by atoms with van der Waals surface area (Å²) in [4.78, 5) is 6.75. The van der Waals surface area contributed by atoms with Crippen molar-refractivity contribution in [2.24, 2.45) is 10.7 Å². The van der Waals surface area contributed by atoms with Crippen molar-refractivity contribution in [3.63, 3.8) is 0 Å². The molecule has 0 aromatic heterocycles. The highest BCUT2D eigenvalue weighted by Crippen LogP contribution is 2.03. The van der Waals surface area contributed by atoms with Crippen molar-refractivity contribution < 1.29 is 0 Å². The normalized spacial score (nSPS) is 11.8. The first-order valence-electron chi connectivity index (χ1n) is 7.33. The van der Waals surface area contributed by atoms with E-state index in [1.165, 1.54) is 5.56 Å². The zero-order chi connectivity index (χ0) is 14.9. The van der Waals surface area contributed by atoms with Gasteiger partial charge in [0.25, 0.3) is 0 Å². The Balaban J connectivity index is 1.72. The lowest BCUT2D eigenvalue weighted by Crippen LogP contribution is -2.20. The van der Waals surface area contributed by atoms with E-state index in [-0.39, 0.29) is 0 Å². The molecule has 2 rings (SSSR count). The van der Waals surface area contributed by atoms with Crippen molar-refractivity contribution in [2.75, 3.05) is 20.1 Å². The first-order valence-corrected chi connectivity index (χ1v) is 7.33. The van der Waals surface area contributed by atoms with Crippen molar-refractivity contribution >= 4 is 5.84 Å². The molecule has 3 nitrogen and oxygen atoms in total. The highest BCUT2D eigenvalue weighted by Gasteiger charge is 2.00. The standard InChI is InChI=1S/C18H23N3/c1-21(15-16-9-4-2-5-10-16)14-8-13-20-18(19)17-11-6-3-7-12-17/h2-7,9-12H,8,13-15H2,1H3,(H2,19,20). The zero-order valence-electron chi connectivity index (χ0n) is 12.6. The third kappa shape index (κ3) is 5.40. The van der Waals surface area contributed by atoms with Crippen LogP contribution in [0.25, 0.3) is 0 Å². The fourth-order valence-corrected chi connectivity index (χ4v) is 2.21. The minimum absolute atomic E-state index is 0.626. The van der Waals surface area contributed by atoms with Crippen LogP contribution >= 0.6 is 0 Å². The van der Waals surface area contributed by atoms with E-state index in [0.717, 1.165) is 31.6 Å². The molecular weight excluding hydrogens is 258 g/mol. The van der Waals surface area contributed by atoms with Crippen molar-refractivity contribution in [3.8, 4) is 0 Å². The first kappa shape index (κ1) is 15.3. The lowest BCUT2D eigenvalue weighted by atomic mass is 10.2. The molecule has 0 spiro atoms. The summed E-state index contributed by atoms with van der Waals surface area (Å²) in [5.41, 5.74) is 8.31. The van der Waals surface area contributed by atoms with Gasteiger partial charge in [0, 0.05) is 18.7 Å². The van der Waals surface area contributed by atoms with Gasteiger partial charge in [-0.25, -0.2) is 0 Å². The molecule has 0 atom stereocenters. The third-order valence-electron chi connectivity index (χ3n) is 3.34. The van der Waals surface area contributed by atoms with Gasteiger partial charge < -0.3 is 10.6 Å². The smallest absolute Gasteiger partial charge is 0.125 e. The quantitative estimate of drug-likeness (QED) is 0.481. The number of rotatable bonds is 7. The Morgan fingerprint density at radius 3 is 2.29 bits per heavy atom. The highest BCUT2D eigenvalue weighted by molar-refractivity contribution is 5.97. The van der Waals surface area contributed by atoms with E-state index in [1.807, 2.05) is 36.4 Å². The van der Waals surface area contributed by atoms with Crippen LogP contribution in [0.2, 0.25) is 0 Å². The molecule has 0 amide bonds. The SMILES string of the molecule is CN(CCCN=C(N)c1ccccc1)Cc1ccccc1. The van der Waals surface area contributed by atoms with Crippen LogP contribution in [0.1, 0.15) is 17.5 Å². The van der Waals surface area contributed by atoms with Crippen molar-refractivity contribution in [2.45, 2.75) is 13.0 Å². The summed E-state index contributed by atoms with van der Waals surface area (Å²) >= 11 is 0. The van der Waals surface area contributed by atoms with E-state index in [4.69, 9.17) is 5.73 Å². The number of benzene rings is 2. The second kappa shape index (κ2) is 8.22. The molecule has 0 aliphatic heterocycles. The summed E-state index contributed by atoms with van der Waals surface area (Å²) < 4.78 is 0. The van der Waals surface area contributed by atoms with Gasteiger partial charge >= 0.3 is 0 Å². The molecular formula is C18H23N3. The van der Waals surface area contributed by atoms with Gasteiger partial charge in [-0.15, -0.1) is 0 Å². The maximum Gasteiger partial charge on any atom is 0.125 e. The Labute approximate surface area is 127 Å². The summed E-state index contributed by atoms with van der Waals surface area (Å²) in [6, 6.07) is 20.4. The minimum atomic E-state index is 0.626. The van der Waals surface area contributed by atoms with Gasteiger partial charge in [-0.1, -0.05) is 60.7 Å². The number of hydrogen-bond acceptors (Lipinski definition) is 2. The number of nitrogens with two attached hydrogens (primary N) is 1. The molecule has 0 aliphatic rings. The Morgan fingerprint density at radius 2 is 1.62 bits per heavy atom. The van der Waals surface area contributed by atoms with Crippen LogP contribution in [0.15, 0.2) is 65.7 Å². The molecule has 0 aliphatic carbocycles. The van der Waals surface area contributed by atoms with E-state index in [2.05, 4.69) is 41.2 Å². The topological polar surface area (TPSA) is 41.6 Å². The monoisotopic (exact) mass is 281 g/mol. The Hall–Kier alpha value is -2.13. The van der Waals surface area contributed by atoms with Crippen molar-refractivity contribution in [1.29, 1.82) is 0 Å². The molecule has 2 aromatic carbocycles. The van der Waals surface area contributed by atoms with Crippen LogP contribution in [-0.4, -0.2) is 30.9 Å². The summed E-state index contributed by atoms with van der Waals surface area (Å²) in [5, 5.41) is 0. The van der Waals surface area contributed by atoms with Crippen LogP contribution in [0.3, 0.4) is 0 Å². The first-order chi connectivity index (χ1) is 10.3. The Morgan fingerprint density at radius 1 is 1.00 bits per heavy atom. The second-order valence-electron chi connectivity index (χ2n) is 5.21. The average molecular weight is 281 g/mol. The summed E-state index contributed by atoms with van der Waals surface area (Å²) in [6.07, 6.45) is 1.01. The summed E-state index contributed by atoms with van der Waals surface area (Å²) in [6.45, 7) is 2.75. The number of amidine groups is 1. The van der Waals surface area contributed by atoms with Crippen LogP contribution < -0.4 is 5.73 Å². The van der Waals surface area contributed by atoms with Gasteiger partial charge in [0.2, 0.25) is 0 Å². The molecule has 110 valence electrons. The lowest BCUT2D eigenvalue weighted by molar-refractivity contribution is 0.324. The second-order valence-corrected chi connectivity index (χ2v) is 5.21. The molecule has 2 aromatic rings. The molecule has 0 bridgehead atoms. The Kier molecular flexibility index (Phi) is 5.98. The molecule has 2 N–H and O–H groups in total. The number of nitrogens with zero attached hydrogens (tertiary/aromatic N) is 2. The molecule has 3 heteroatoms. The Bertz CT molecular complexity index is 549. The number of aliphatic imine (C=N–C) groups is 1. The van der Waals surface area contributed by atoms with Crippen LogP contribution in [-0.2, 0) is 6.54 Å². The molecule has 0 saturated heterocycles. The lowest BCUT2D eigenvalue weighted by Gasteiger charge is -2.15. The molecule has 0 radical (unpaired) electrons. The van der Waals surface area contributed by atoms with E-state index in [9.17, 15) is 0 Å². The van der Waals surface area contributed by atoms with Gasteiger partial charge in [0.05, 0.1) is 0 Å². The van der Waals surface area contributed by atoms with E-state index < -0.39 is 0 Å². The van der Waals surface area contributed by atoms with Gasteiger partial charge in [0.15, 0.2) is 0 Å². The summed E-state index contributed by atoms with van der Waals surface area (Å²) in [5.74, 6) is 0.626. The van der Waals surface area contributed by atoms with Gasteiger partial charge in [0.1, 0.15) is 5.84 Å². The molecule has 21 heavy (non-hydrogen) atoms. The predicted octanol–water partition coefficient (Wildman–Crippen LogP) is 2.91. The fourth-order valence-electron chi connectivity index (χ4n) is 2.21. The van der Waals surface area contributed by atoms with Crippen LogP contribution in [0, 0.1) is 0 Å². The zero-order valence-corrected chi connectivity index (χ0v) is 12.6. The van der Waals surface area contributed by atoms with Crippen molar-refractivity contribution in [1.82, 2.24) is 4.90 Å². The molecule has 0 unspecified atom stereocenters. The minimum Gasteiger partial charge on any atom is -0.384 e. The maximum atomic E-state index is 5.97. The molecule has 0 saturated carbocycles. The maximum absolute atomic E-state index is 5.97. The largest absolute Gasteiger partial charge is 0.384 e. The van der Waals surface area contributed by atoms with Gasteiger partial charge in [-0.05, 0) is 25.6 Å². The van der Waals surface area contributed by atoms with Gasteiger partial charge in [-0.3, -0.25) is 4.99 Å². The van der Waals surface area contributed by atoms with E-state index in [1.54, 1.807) is 0 Å². The third-order valence-corrected chi connectivity index (χ3v) is 3.34. The van der Waals surface area contributed by atoms with Crippen LogP contribution in [0.5, 0.6) is 0 Å². The number of hydrogen-bond donors (Lipinski definition) is 1. The highest BCUT2D eigenvalue weighted by atomic mass is 15.1.